The molecule has 2 rings (SSSR count). The van der Waals surface area contributed by atoms with Gasteiger partial charge >= 0.3 is 0 Å². The van der Waals surface area contributed by atoms with Crippen molar-refractivity contribution in [3.8, 4) is 11.5 Å². The van der Waals surface area contributed by atoms with E-state index < -0.39 is 0 Å². The first-order valence-corrected chi connectivity index (χ1v) is 7.01. The third-order valence-electron chi connectivity index (χ3n) is 3.02. The molecule has 0 spiro atoms. The molecule has 0 aliphatic rings. The van der Waals surface area contributed by atoms with Crippen LogP contribution in [-0.4, -0.2) is 13.7 Å². The number of hydrogen-bond acceptors (Lipinski definition) is 3. The molecule has 0 aromatic heterocycles. The van der Waals surface area contributed by atoms with Crippen LogP contribution in [0.25, 0.3) is 0 Å². The third-order valence-corrected chi connectivity index (χ3v) is 3.02. The summed E-state index contributed by atoms with van der Waals surface area (Å²) >= 11 is 0. The summed E-state index contributed by atoms with van der Waals surface area (Å²) in [5.74, 6) is 1.04. The van der Waals surface area contributed by atoms with Gasteiger partial charge in [-0.2, -0.15) is 0 Å². The predicted octanol–water partition coefficient (Wildman–Crippen LogP) is 3.52. The van der Waals surface area contributed by atoms with Crippen molar-refractivity contribution < 1.29 is 13.9 Å². The van der Waals surface area contributed by atoms with Gasteiger partial charge in [0, 0.05) is 12.1 Å². The molecule has 2 aromatic rings. The second-order valence-electron chi connectivity index (χ2n) is 4.62. The van der Waals surface area contributed by atoms with E-state index in [4.69, 9.17) is 9.47 Å². The van der Waals surface area contributed by atoms with Crippen molar-refractivity contribution in [2.45, 2.75) is 20.1 Å². The molecular weight excluding hydrogens is 269 g/mol. The number of nitrogens with one attached hydrogen (secondary N) is 1. The lowest BCUT2D eigenvalue weighted by molar-refractivity contribution is 0.266. The van der Waals surface area contributed by atoms with Gasteiger partial charge in [-0.25, -0.2) is 4.39 Å². The highest BCUT2D eigenvalue weighted by molar-refractivity contribution is 5.39. The Morgan fingerprint density at radius 3 is 2.43 bits per heavy atom. The summed E-state index contributed by atoms with van der Waals surface area (Å²) in [6.07, 6.45) is 0. The monoisotopic (exact) mass is 289 g/mol. The Balaban J connectivity index is 2.11. The lowest BCUT2D eigenvalue weighted by Crippen LogP contribution is -2.07. The van der Waals surface area contributed by atoms with Crippen LogP contribution in [-0.2, 0) is 13.2 Å². The number of para-hydroxylation sites is 2. The number of halogens is 1. The molecule has 4 heteroatoms. The van der Waals surface area contributed by atoms with E-state index in [-0.39, 0.29) is 12.4 Å². The first-order chi connectivity index (χ1) is 10.2. The van der Waals surface area contributed by atoms with E-state index in [1.165, 1.54) is 6.07 Å². The maximum Gasteiger partial charge on any atom is 0.161 e. The summed E-state index contributed by atoms with van der Waals surface area (Å²) in [5.41, 5.74) is 1.56. The fraction of sp³-hybridized carbons (Fsp3) is 0.294. The Hall–Kier alpha value is -2.07. The van der Waals surface area contributed by atoms with Gasteiger partial charge in [0.15, 0.2) is 11.5 Å². The molecule has 0 amide bonds. The van der Waals surface area contributed by atoms with Crippen molar-refractivity contribution in [1.82, 2.24) is 5.32 Å². The van der Waals surface area contributed by atoms with Crippen LogP contribution in [0, 0.1) is 5.82 Å². The maximum absolute atomic E-state index is 13.8. The van der Waals surface area contributed by atoms with Crippen LogP contribution in [0.4, 0.5) is 4.39 Å². The molecule has 3 nitrogen and oxygen atoms in total. The summed E-state index contributed by atoms with van der Waals surface area (Å²) in [4.78, 5) is 0. The molecule has 0 atom stereocenters. The molecule has 1 N–H and O–H groups in total. The molecule has 0 heterocycles. The van der Waals surface area contributed by atoms with E-state index in [1.54, 1.807) is 6.07 Å². The Morgan fingerprint density at radius 1 is 1.05 bits per heavy atom. The lowest BCUT2D eigenvalue weighted by atomic mass is 10.1. The van der Waals surface area contributed by atoms with Crippen LogP contribution < -0.4 is 14.8 Å². The van der Waals surface area contributed by atoms with Crippen molar-refractivity contribution >= 4 is 0 Å². The standard InChI is InChI=1S/C17H20FNO2/c1-3-20-16-6-4-5-7-17(16)21-12-14-10-13(11-19-2)8-9-15(14)18/h4-10,19H,3,11-12H2,1-2H3. The van der Waals surface area contributed by atoms with Gasteiger partial charge in [0.1, 0.15) is 12.4 Å². The number of benzene rings is 2. The van der Waals surface area contributed by atoms with E-state index in [1.807, 2.05) is 44.3 Å². The van der Waals surface area contributed by atoms with Gasteiger partial charge in [0.2, 0.25) is 0 Å². The Labute approximate surface area is 124 Å². The van der Waals surface area contributed by atoms with Crippen LogP contribution in [0.1, 0.15) is 18.1 Å². The van der Waals surface area contributed by atoms with Crippen LogP contribution in [0.3, 0.4) is 0 Å². The zero-order valence-electron chi connectivity index (χ0n) is 12.4. The molecule has 2 aromatic carbocycles. The van der Waals surface area contributed by atoms with Gasteiger partial charge in [-0.15, -0.1) is 0 Å². The highest BCUT2D eigenvalue weighted by Crippen LogP contribution is 2.27. The van der Waals surface area contributed by atoms with E-state index in [0.717, 1.165) is 5.56 Å². The second-order valence-corrected chi connectivity index (χ2v) is 4.62. The van der Waals surface area contributed by atoms with Gasteiger partial charge in [0.25, 0.3) is 0 Å². The van der Waals surface area contributed by atoms with Crippen molar-refractivity contribution in [2.24, 2.45) is 0 Å². The fourth-order valence-corrected chi connectivity index (χ4v) is 2.05. The molecule has 0 fully saturated rings. The molecule has 0 saturated carbocycles. The van der Waals surface area contributed by atoms with Crippen molar-refractivity contribution in [1.29, 1.82) is 0 Å². The Kier molecular flexibility index (Phi) is 5.58. The molecule has 0 aliphatic heterocycles. The summed E-state index contributed by atoms with van der Waals surface area (Å²) in [5, 5.41) is 3.05. The summed E-state index contributed by atoms with van der Waals surface area (Å²) < 4.78 is 25.0. The van der Waals surface area contributed by atoms with Gasteiger partial charge in [0.05, 0.1) is 6.61 Å². The van der Waals surface area contributed by atoms with Gasteiger partial charge in [-0.05, 0) is 43.8 Å². The van der Waals surface area contributed by atoms with Crippen molar-refractivity contribution in [3.05, 3.63) is 59.4 Å². The minimum Gasteiger partial charge on any atom is -0.490 e. The highest BCUT2D eigenvalue weighted by atomic mass is 19.1. The predicted molar refractivity (Wildman–Crippen MR) is 81.1 cm³/mol. The molecule has 112 valence electrons. The average molecular weight is 289 g/mol. The fourth-order valence-electron chi connectivity index (χ4n) is 2.05. The molecule has 0 aliphatic carbocycles. The van der Waals surface area contributed by atoms with E-state index >= 15 is 0 Å². The number of hydrogen-bond donors (Lipinski definition) is 1. The summed E-state index contributed by atoms with van der Waals surface area (Å²) in [6, 6.07) is 12.5. The average Bonchev–Trinajstić information content (AvgIpc) is 2.50. The third kappa shape index (κ3) is 4.20. The minimum atomic E-state index is -0.260. The SMILES string of the molecule is CCOc1ccccc1OCc1cc(CNC)ccc1F. The molecule has 0 bridgehead atoms. The second kappa shape index (κ2) is 7.64. The zero-order valence-corrected chi connectivity index (χ0v) is 12.4. The molecule has 21 heavy (non-hydrogen) atoms. The van der Waals surface area contributed by atoms with Crippen LogP contribution in [0.2, 0.25) is 0 Å². The van der Waals surface area contributed by atoms with Gasteiger partial charge < -0.3 is 14.8 Å². The lowest BCUT2D eigenvalue weighted by Gasteiger charge is -2.12. The zero-order chi connectivity index (χ0) is 15.1. The smallest absolute Gasteiger partial charge is 0.161 e. The largest absolute Gasteiger partial charge is 0.490 e. The van der Waals surface area contributed by atoms with E-state index in [0.29, 0.717) is 30.2 Å². The van der Waals surface area contributed by atoms with Crippen molar-refractivity contribution in [3.63, 3.8) is 0 Å². The van der Waals surface area contributed by atoms with Gasteiger partial charge in [-0.3, -0.25) is 0 Å². The highest BCUT2D eigenvalue weighted by Gasteiger charge is 2.07. The Bertz CT molecular complexity index is 587. The van der Waals surface area contributed by atoms with E-state index in [9.17, 15) is 4.39 Å². The number of rotatable bonds is 7. The summed E-state index contributed by atoms with van der Waals surface area (Å²) in [7, 11) is 1.86. The first-order valence-electron chi connectivity index (χ1n) is 7.01. The van der Waals surface area contributed by atoms with Crippen LogP contribution >= 0.6 is 0 Å². The molecule has 0 radical (unpaired) electrons. The number of ether oxygens (including phenoxy) is 2. The maximum atomic E-state index is 13.8. The molecule has 0 unspecified atom stereocenters. The quantitative estimate of drug-likeness (QED) is 0.846. The topological polar surface area (TPSA) is 30.5 Å². The van der Waals surface area contributed by atoms with Crippen molar-refractivity contribution in [2.75, 3.05) is 13.7 Å². The van der Waals surface area contributed by atoms with Crippen LogP contribution in [0.15, 0.2) is 42.5 Å². The normalized spacial score (nSPS) is 10.4. The molecule has 0 saturated heterocycles. The van der Waals surface area contributed by atoms with E-state index in [2.05, 4.69) is 5.32 Å². The Morgan fingerprint density at radius 2 is 1.76 bits per heavy atom. The van der Waals surface area contributed by atoms with Crippen LogP contribution in [0.5, 0.6) is 11.5 Å². The van der Waals surface area contributed by atoms with Gasteiger partial charge in [-0.1, -0.05) is 18.2 Å². The summed E-state index contributed by atoms with van der Waals surface area (Å²) in [6.45, 7) is 3.35. The first kappa shape index (κ1) is 15.3. The molecular formula is C17H20FNO2. The minimum absolute atomic E-state index is 0.174.